The highest BCUT2D eigenvalue weighted by Crippen LogP contribution is 1.73. The average molecular weight is 118 g/mol. The van der Waals surface area contributed by atoms with Crippen LogP contribution < -0.4 is 5.31 Å². The first-order valence-electron chi connectivity index (χ1n) is 3.37. The lowest BCUT2D eigenvalue weighted by atomic mass is 10.4. The van der Waals surface area contributed by atoms with Crippen molar-refractivity contribution in [2.24, 2.45) is 0 Å². The van der Waals surface area contributed by atoms with Crippen LogP contribution in [0.15, 0.2) is 0 Å². The van der Waals surface area contributed by atoms with E-state index in [-0.39, 0.29) is 0 Å². The smallest absolute Gasteiger partial charge is 0.123 e. The van der Waals surface area contributed by atoms with Crippen molar-refractivity contribution < 1.29 is 6.15 Å². The van der Waals surface area contributed by atoms with E-state index in [1.807, 2.05) is 13.8 Å². The Bertz CT molecular complexity index is 68.1. The molecule has 50 valence electrons. The third kappa shape index (κ3) is 5.92. The van der Waals surface area contributed by atoms with Crippen LogP contribution in [0.3, 0.4) is 0 Å². The van der Waals surface area contributed by atoms with Gasteiger partial charge in [0.1, 0.15) is 1.41 Å². The fraction of sp³-hybridized carbons (Fsp3) is 1.00. The molecule has 0 aliphatic heterocycles. The van der Waals surface area contributed by atoms with Gasteiger partial charge in [0.15, 0.2) is 0 Å². The Morgan fingerprint density at radius 2 is 2.38 bits per heavy atom. The Morgan fingerprint density at radius 1 is 1.75 bits per heavy atom. The Labute approximate surface area is 52.7 Å². The van der Waals surface area contributed by atoms with Gasteiger partial charge in [-0.3, -0.25) is 0 Å². The molecule has 2 nitrogen and oxygen atoms in total. The molecule has 8 heavy (non-hydrogen) atoms. The molecule has 0 aliphatic carbocycles. The molecule has 2 heteroatoms. The minimum Gasteiger partial charge on any atom is -0.383 e. The second kappa shape index (κ2) is 5.06. The molecular formula is C6H15NO. The van der Waals surface area contributed by atoms with Crippen LogP contribution in [-0.2, 0) is 4.74 Å². The van der Waals surface area contributed by atoms with E-state index in [1.54, 1.807) is 7.11 Å². The minimum atomic E-state index is 0.292. The number of hydrogen-bond donors (Lipinski definition) is 1. The van der Waals surface area contributed by atoms with E-state index in [2.05, 4.69) is 0 Å². The fourth-order valence-corrected chi connectivity index (χ4v) is 0.402. The molecule has 0 unspecified atom stereocenters. The molecule has 0 saturated heterocycles. The molecule has 0 aliphatic rings. The lowest BCUT2D eigenvalue weighted by molar-refractivity contribution is 0.197. The van der Waals surface area contributed by atoms with Crippen LogP contribution in [0.4, 0.5) is 0 Å². The van der Waals surface area contributed by atoms with E-state index in [9.17, 15) is 0 Å². The summed E-state index contributed by atoms with van der Waals surface area (Å²) in [6.07, 6.45) is 0. The molecule has 1 N–H and O–H groups in total. The first kappa shape index (κ1) is 6.05. The van der Waals surface area contributed by atoms with Crippen LogP contribution in [0.25, 0.3) is 0 Å². The molecule has 0 fully saturated rings. The SMILES string of the molecule is [2H]N(CCOC)C(C)C. The largest absolute Gasteiger partial charge is 0.383 e. The second-order valence-electron chi connectivity index (χ2n) is 1.99. The topological polar surface area (TPSA) is 21.3 Å². The zero-order valence-corrected chi connectivity index (χ0v) is 5.85. The Hall–Kier alpha value is -0.0800. The second-order valence-corrected chi connectivity index (χ2v) is 1.99. The molecule has 0 radical (unpaired) electrons. The van der Waals surface area contributed by atoms with Crippen LogP contribution >= 0.6 is 0 Å². The lowest BCUT2D eigenvalue weighted by Gasteiger charge is -2.05. The highest BCUT2D eigenvalue weighted by molar-refractivity contribution is 4.49. The summed E-state index contributed by atoms with van der Waals surface area (Å²) in [7, 11) is 1.65. The van der Waals surface area contributed by atoms with Gasteiger partial charge in [-0.15, -0.1) is 0 Å². The van der Waals surface area contributed by atoms with Crippen LogP contribution in [0.5, 0.6) is 0 Å². The average Bonchev–Trinajstić information content (AvgIpc) is 1.82. The van der Waals surface area contributed by atoms with Gasteiger partial charge in [0, 0.05) is 19.7 Å². The van der Waals surface area contributed by atoms with E-state index in [4.69, 9.17) is 6.15 Å². The summed E-state index contributed by atoms with van der Waals surface area (Å²) in [5, 5.41) is 1.50. The van der Waals surface area contributed by atoms with Gasteiger partial charge in [0.2, 0.25) is 0 Å². The molecule has 0 bridgehead atoms. The van der Waals surface area contributed by atoms with Gasteiger partial charge in [-0.25, -0.2) is 0 Å². The number of rotatable bonds is 4. The molecule has 0 aromatic rings. The van der Waals surface area contributed by atoms with Gasteiger partial charge in [0.05, 0.1) is 6.61 Å². The summed E-state index contributed by atoms with van der Waals surface area (Å²) in [5.41, 5.74) is 0. The van der Waals surface area contributed by atoms with E-state index < -0.39 is 0 Å². The number of nitrogens with one attached hydrogen (secondary N) is 1. The molecule has 0 amide bonds. The first-order chi connectivity index (χ1) is 4.18. The maximum Gasteiger partial charge on any atom is 0.123 e. The van der Waals surface area contributed by atoms with Crippen molar-refractivity contribution in [2.45, 2.75) is 19.9 Å². The van der Waals surface area contributed by atoms with Crippen molar-refractivity contribution in [3.05, 3.63) is 0 Å². The normalized spacial score (nSPS) is 12.9. The molecule has 0 aromatic heterocycles. The Kier molecular flexibility index (Phi) is 3.83. The highest BCUT2D eigenvalue weighted by atomic mass is 16.5. The summed E-state index contributed by atoms with van der Waals surface area (Å²) < 4.78 is 12.1. The zero-order chi connectivity index (χ0) is 7.28. The van der Waals surface area contributed by atoms with Gasteiger partial charge in [-0.2, -0.15) is 0 Å². The van der Waals surface area contributed by atoms with Crippen molar-refractivity contribution in [1.29, 1.82) is 0 Å². The predicted molar refractivity (Wildman–Crippen MR) is 35.0 cm³/mol. The van der Waals surface area contributed by atoms with Gasteiger partial charge < -0.3 is 10.0 Å². The van der Waals surface area contributed by atoms with E-state index >= 15 is 0 Å². The predicted octanol–water partition coefficient (Wildman–Crippen LogP) is 0.631. The number of ether oxygens (including phenoxy) is 1. The van der Waals surface area contributed by atoms with Crippen LogP contribution in [-0.4, -0.2) is 26.3 Å². The highest BCUT2D eigenvalue weighted by Gasteiger charge is 1.87. The Morgan fingerprint density at radius 3 is 2.75 bits per heavy atom. The maximum absolute atomic E-state index is 7.28. The van der Waals surface area contributed by atoms with Crippen LogP contribution in [0.1, 0.15) is 13.8 Å². The van der Waals surface area contributed by atoms with Crippen molar-refractivity contribution >= 4 is 0 Å². The third-order valence-corrected chi connectivity index (χ3v) is 0.790. The first-order valence-corrected chi connectivity index (χ1v) is 2.93. The summed E-state index contributed by atoms with van der Waals surface area (Å²) in [6.45, 7) is 5.31. The molecule has 0 atom stereocenters. The quantitative estimate of drug-likeness (QED) is 0.584. The van der Waals surface area contributed by atoms with Crippen LogP contribution in [0.2, 0.25) is 1.41 Å². The van der Waals surface area contributed by atoms with Crippen molar-refractivity contribution in [2.75, 3.05) is 20.3 Å². The van der Waals surface area contributed by atoms with Gasteiger partial charge in [-0.1, -0.05) is 13.8 Å². The van der Waals surface area contributed by atoms with Crippen molar-refractivity contribution in [1.82, 2.24) is 5.31 Å². The van der Waals surface area contributed by atoms with E-state index in [1.165, 1.54) is 5.31 Å². The fourth-order valence-electron chi connectivity index (χ4n) is 0.402. The van der Waals surface area contributed by atoms with E-state index in [0.717, 1.165) is 0 Å². The van der Waals surface area contributed by atoms with E-state index in [0.29, 0.717) is 19.2 Å². The summed E-state index contributed by atoms with van der Waals surface area (Å²) in [5.74, 6) is 0. The number of methoxy groups -OCH3 is 1. The summed E-state index contributed by atoms with van der Waals surface area (Å²) in [6, 6.07) is 0.292. The van der Waals surface area contributed by atoms with Crippen molar-refractivity contribution in [3.63, 3.8) is 0 Å². The Balaban J connectivity index is 3.16. The van der Waals surface area contributed by atoms with Crippen molar-refractivity contribution in [3.8, 4) is 0 Å². The van der Waals surface area contributed by atoms with Crippen LogP contribution in [0, 0.1) is 0 Å². The monoisotopic (exact) mass is 118 g/mol. The van der Waals surface area contributed by atoms with Gasteiger partial charge in [0.25, 0.3) is 0 Å². The molecule has 0 rings (SSSR count). The molecule has 0 heterocycles. The molecule has 0 spiro atoms. The lowest BCUT2D eigenvalue weighted by Crippen LogP contribution is -2.26. The third-order valence-electron chi connectivity index (χ3n) is 0.790. The van der Waals surface area contributed by atoms with Gasteiger partial charge in [-0.05, 0) is 0 Å². The zero-order valence-electron chi connectivity index (χ0n) is 6.85. The standard InChI is InChI=1S/C6H15NO/c1-6(2)7-4-5-8-3/h6-7H,4-5H2,1-3H3/i/hD. The molecule has 0 saturated carbocycles. The number of hydrogen-bond acceptors (Lipinski definition) is 2. The van der Waals surface area contributed by atoms with Gasteiger partial charge >= 0.3 is 0 Å². The summed E-state index contributed by atoms with van der Waals surface area (Å²) >= 11 is 0. The maximum atomic E-state index is 7.28. The minimum absolute atomic E-state index is 0.292. The summed E-state index contributed by atoms with van der Waals surface area (Å²) in [4.78, 5) is 0. The molecule has 0 aromatic carbocycles. The molecular weight excluding hydrogens is 102 g/mol.